The van der Waals surface area contributed by atoms with E-state index in [0.29, 0.717) is 0 Å². The van der Waals surface area contributed by atoms with Gasteiger partial charge in [0.1, 0.15) is 17.2 Å². The van der Waals surface area contributed by atoms with Gasteiger partial charge in [0, 0.05) is 18.2 Å². The van der Waals surface area contributed by atoms with E-state index in [2.05, 4.69) is 9.47 Å². The minimum absolute atomic E-state index is 0.280. The number of esters is 2. The molecule has 7 nitrogen and oxygen atoms in total. The first-order chi connectivity index (χ1) is 11.4. The molecule has 0 saturated heterocycles. The zero-order valence-electron chi connectivity index (χ0n) is 15.1. The lowest BCUT2D eigenvalue weighted by Crippen LogP contribution is -2.25. The van der Waals surface area contributed by atoms with E-state index >= 15 is 0 Å². The highest BCUT2D eigenvalue weighted by molar-refractivity contribution is 5.94. The summed E-state index contributed by atoms with van der Waals surface area (Å²) in [5, 5.41) is 0. The minimum atomic E-state index is -0.815. The number of benzene rings is 1. The van der Waals surface area contributed by atoms with Crippen molar-refractivity contribution < 1.29 is 33.3 Å². The van der Waals surface area contributed by atoms with Gasteiger partial charge in [0.25, 0.3) is 0 Å². The summed E-state index contributed by atoms with van der Waals surface area (Å²) in [5.41, 5.74) is 0. The Balaban J connectivity index is 0.000000441. The maximum absolute atomic E-state index is 10.9. The van der Waals surface area contributed by atoms with Crippen molar-refractivity contribution in [2.45, 2.75) is 20.8 Å². The second kappa shape index (κ2) is 12.0. The zero-order valence-corrected chi connectivity index (χ0v) is 15.1. The van der Waals surface area contributed by atoms with Crippen LogP contribution in [0.1, 0.15) is 20.8 Å². The molecule has 1 rings (SSSR count). The highest BCUT2D eigenvalue weighted by Gasteiger charge is 2.23. The maximum Gasteiger partial charge on any atom is 0.320 e. The maximum atomic E-state index is 10.9. The molecule has 0 aromatic heterocycles. The molecular weight excluding hydrogens is 316 g/mol. The largest absolute Gasteiger partial charge is 0.496 e. The molecular formula is C17H26O7. The summed E-state index contributed by atoms with van der Waals surface area (Å²) in [6, 6.07) is 5.38. The van der Waals surface area contributed by atoms with Crippen molar-refractivity contribution in [1.82, 2.24) is 0 Å². The molecule has 136 valence electrons. The van der Waals surface area contributed by atoms with E-state index in [1.165, 1.54) is 6.92 Å². The van der Waals surface area contributed by atoms with Crippen LogP contribution in [0.15, 0.2) is 18.2 Å². The first kappa shape index (κ1) is 21.6. The topological polar surface area (TPSA) is 80.3 Å². The first-order valence-corrected chi connectivity index (χ1v) is 7.53. The summed E-state index contributed by atoms with van der Waals surface area (Å²) in [5.74, 6) is 0.306. The van der Waals surface area contributed by atoms with Gasteiger partial charge in [0.05, 0.1) is 34.5 Å². The molecule has 0 aliphatic rings. The van der Waals surface area contributed by atoms with Gasteiger partial charge in [-0.15, -0.1) is 0 Å². The first-order valence-electron chi connectivity index (χ1n) is 7.53. The Morgan fingerprint density at radius 3 is 1.29 bits per heavy atom. The fourth-order valence-corrected chi connectivity index (χ4v) is 1.53. The van der Waals surface area contributed by atoms with Crippen molar-refractivity contribution in [3.63, 3.8) is 0 Å². The van der Waals surface area contributed by atoms with Crippen LogP contribution in [0.3, 0.4) is 0 Å². The molecule has 0 bridgehead atoms. The molecule has 0 spiro atoms. The lowest BCUT2D eigenvalue weighted by molar-refractivity contribution is -0.160. The van der Waals surface area contributed by atoms with E-state index in [1.807, 2.05) is 0 Å². The second-order valence-electron chi connectivity index (χ2n) is 4.48. The van der Waals surface area contributed by atoms with Crippen molar-refractivity contribution in [1.29, 1.82) is 0 Å². The van der Waals surface area contributed by atoms with Gasteiger partial charge >= 0.3 is 11.9 Å². The van der Waals surface area contributed by atoms with Gasteiger partial charge in [-0.1, -0.05) is 0 Å². The smallest absolute Gasteiger partial charge is 0.320 e. The van der Waals surface area contributed by atoms with E-state index in [-0.39, 0.29) is 13.2 Å². The molecule has 0 radical (unpaired) electrons. The Bertz CT molecular complexity index is 440. The van der Waals surface area contributed by atoms with Gasteiger partial charge in [0.15, 0.2) is 5.92 Å². The number of carbonyl (C=O) groups is 2. The van der Waals surface area contributed by atoms with Gasteiger partial charge < -0.3 is 23.7 Å². The van der Waals surface area contributed by atoms with E-state index in [1.54, 1.807) is 53.4 Å². The van der Waals surface area contributed by atoms with Crippen LogP contribution in [0.2, 0.25) is 0 Å². The summed E-state index contributed by atoms with van der Waals surface area (Å²) < 4.78 is 24.4. The third-order valence-corrected chi connectivity index (χ3v) is 2.84. The second-order valence-corrected chi connectivity index (χ2v) is 4.48. The molecule has 0 unspecified atom stereocenters. The molecule has 1 aromatic carbocycles. The van der Waals surface area contributed by atoms with Crippen LogP contribution in [0, 0.1) is 5.92 Å². The van der Waals surface area contributed by atoms with Crippen LogP contribution in [-0.2, 0) is 19.1 Å². The predicted molar refractivity (Wildman–Crippen MR) is 88.5 cm³/mol. The van der Waals surface area contributed by atoms with Crippen molar-refractivity contribution in [3.05, 3.63) is 18.2 Å². The van der Waals surface area contributed by atoms with Gasteiger partial charge in [-0.3, -0.25) is 9.59 Å². The molecule has 0 heterocycles. The van der Waals surface area contributed by atoms with Crippen molar-refractivity contribution in [3.8, 4) is 17.2 Å². The van der Waals surface area contributed by atoms with Crippen LogP contribution < -0.4 is 14.2 Å². The van der Waals surface area contributed by atoms with Crippen LogP contribution in [-0.4, -0.2) is 46.5 Å². The molecule has 0 saturated carbocycles. The number of methoxy groups -OCH3 is 3. The van der Waals surface area contributed by atoms with Crippen LogP contribution in [0.5, 0.6) is 17.2 Å². The van der Waals surface area contributed by atoms with Crippen LogP contribution in [0.25, 0.3) is 0 Å². The predicted octanol–water partition coefficient (Wildman–Crippen LogP) is 2.46. The summed E-state index contributed by atoms with van der Waals surface area (Å²) in [6.07, 6.45) is 0. The average molecular weight is 342 g/mol. The minimum Gasteiger partial charge on any atom is -0.496 e. The quantitative estimate of drug-likeness (QED) is 0.556. The highest BCUT2D eigenvalue weighted by Crippen LogP contribution is 2.26. The molecule has 1 aromatic rings. The monoisotopic (exact) mass is 342 g/mol. The Morgan fingerprint density at radius 1 is 0.792 bits per heavy atom. The number of carbonyl (C=O) groups excluding carboxylic acids is 2. The van der Waals surface area contributed by atoms with E-state index in [9.17, 15) is 9.59 Å². The summed E-state index contributed by atoms with van der Waals surface area (Å²) >= 11 is 0. The summed E-state index contributed by atoms with van der Waals surface area (Å²) in [7, 11) is 4.82. The van der Waals surface area contributed by atoms with E-state index < -0.39 is 17.9 Å². The number of hydrogen-bond acceptors (Lipinski definition) is 7. The third-order valence-electron chi connectivity index (χ3n) is 2.84. The fourth-order valence-electron chi connectivity index (χ4n) is 1.53. The van der Waals surface area contributed by atoms with Crippen LogP contribution >= 0.6 is 0 Å². The summed E-state index contributed by atoms with van der Waals surface area (Å²) in [4.78, 5) is 21.9. The standard InChI is InChI=1S/C9H12O3.C8H14O4/c1-10-7-4-8(11-2)6-9(5-7)12-3;1-4-11-7(9)6(3)8(10)12-5-2/h4-6H,1-3H3;6H,4-5H2,1-3H3. The van der Waals surface area contributed by atoms with Gasteiger partial charge in [0.2, 0.25) is 0 Å². The molecule has 0 N–H and O–H groups in total. The molecule has 0 atom stereocenters. The normalized spacial score (nSPS) is 9.46. The van der Waals surface area contributed by atoms with Gasteiger partial charge in [-0.25, -0.2) is 0 Å². The van der Waals surface area contributed by atoms with Crippen molar-refractivity contribution in [2.75, 3.05) is 34.5 Å². The molecule has 0 fully saturated rings. The number of ether oxygens (including phenoxy) is 5. The molecule has 0 amide bonds. The molecule has 7 heteroatoms. The Hall–Kier alpha value is -2.44. The van der Waals surface area contributed by atoms with Crippen molar-refractivity contribution in [2.24, 2.45) is 5.92 Å². The van der Waals surface area contributed by atoms with E-state index in [0.717, 1.165) is 17.2 Å². The van der Waals surface area contributed by atoms with Gasteiger partial charge in [-0.2, -0.15) is 0 Å². The SMILES string of the molecule is CCOC(=O)C(C)C(=O)OCC.COc1cc(OC)cc(OC)c1. The molecule has 0 aliphatic carbocycles. The fraction of sp³-hybridized carbons (Fsp3) is 0.529. The lowest BCUT2D eigenvalue weighted by atomic mass is 10.2. The summed E-state index contributed by atoms with van der Waals surface area (Å²) in [6.45, 7) is 5.41. The number of rotatable bonds is 7. The lowest BCUT2D eigenvalue weighted by Gasteiger charge is -2.08. The van der Waals surface area contributed by atoms with Gasteiger partial charge in [-0.05, 0) is 20.8 Å². The van der Waals surface area contributed by atoms with Crippen molar-refractivity contribution >= 4 is 11.9 Å². The van der Waals surface area contributed by atoms with Crippen LogP contribution in [0.4, 0.5) is 0 Å². The Kier molecular flexibility index (Phi) is 10.8. The molecule has 0 aliphatic heterocycles. The Labute approximate surface area is 142 Å². The average Bonchev–Trinajstić information content (AvgIpc) is 2.61. The number of hydrogen-bond donors (Lipinski definition) is 0. The zero-order chi connectivity index (χ0) is 18.5. The third kappa shape index (κ3) is 7.71. The Morgan fingerprint density at radius 2 is 1.08 bits per heavy atom. The highest BCUT2D eigenvalue weighted by atomic mass is 16.6. The van der Waals surface area contributed by atoms with E-state index in [4.69, 9.17) is 14.2 Å². The molecule has 24 heavy (non-hydrogen) atoms.